The topological polar surface area (TPSA) is 71.7 Å². The molecular formula is C12H15F3N4O2. The third-order valence-electron chi connectivity index (χ3n) is 2.87. The molecule has 2 aromatic rings. The summed E-state index contributed by atoms with van der Waals surface area (Å²) in [4.78, 5) is 4.03. The molecule has 2 heterocycles. The van der Waals surface area contributed by atoms with E-state index in [1.807, 2.05) is 0 Å². The normalized spacial score (nSPS) is 13.6. The SMILES string of the molecule is COCC(CCO)Nc1nccn2nc(C(F)(F)F)cc12. The van der Waals surface area contributed by atoms with Gasteiger partial charge < -0.3 is 15.2 Å². The smallest absolute Gasteiger partial charge is 0.396 e. The van der Waals surface area contributed by atoms with Crippen LogP contribution in [0.15, 0.2) is 18.5 Å². The lowest BCUT2D eigenvalue weighted by atomic mass is 10.2. The van der Waals surface area contributed by atoms with Crippen LogP contribution in [-0.2, 0) is 10.9 Å². The summed E-state index contributed by atoms with van der Waals surface area (Å²) >= 11 is 0. The molecular weight excluding hydrogens is 289 g/mol. The number of aromatic nitrogens is 3. The monoisotopic (exact) mass is 304 g/mol. The largest absolute Gasteiger partial charge is 0.435 e. The molecule has 1 atom stereocenters. The lowest BCUT2D eigenvalue weighted by molar-refractivity contribution is -0.141. The van der Waals surface area contributed by atoms with Crippen LogP contribution in [0.2, 0.25) is 0 Å². The highest BCUT2D eigenvalue weighted by Gasteiger charge is 2.34. The highest BCUT2D eigenvalue weighted by atomic mass is 19.4. The second-order valence-electron chi connectivity index (χ2n) is 4.44. The Labute approximate surface area is 118 Å². The molecule has 9 heteroatoms. The second kappa shape index (κ2) is 6.27. The van der Waals surface area contributed by atoms with E-state index in [1.165, 1.54) is 19.5 Å². The van der Waals surface area contributed by atoms with Gasteiger partial charge in [-0.2, -0.15) is 18.3 Å². The van der Waals surface area contributed by atoms with E-state index in [0.717, 1.165) is 10.6 Å². The zero-order valence-electron chi connectivity index (χ0n) is 11.3. The number of ether oxygens (including phenoxy) is 1. The molecule has 0 aliphatic carbocycles. The number of nitrogens with zero attached hydrogens (tertiary/aromatic N) is 3. The van der Waals surface area contributed by atoms with Crippen LogP contribution in [-0.4, -0.2) is 46.1 Å². The molecule has 0 saturated heterocycles. The third kappa shape index (κ3) is 3.61. The lowest BCUT2D eigenvalue weighted by Crippen LogP contribution is -2.26. The summed E-state index contributed by atoms with van der Waals surface area (Å²) in [6.07, 6.45) is -1.43. The molecule has 2 rings (SSSR count). The van der Waals surface area contributed by atoms with Gasteiger partial charge in [-0.1, -0.05) is 0 Å². The van der Waals surface area contributed by atoms with Crippen molar-refractivity contribution in [3.8, 4) is 0 Å². The number of nitrogens with one attached hydrogen (secondary N) is 1. The summed E-state index contributed by atoms with van der Waals surface area (Å²) in [5, 5.41) is 15.4. The summed E-state index contributed by atoms with van der Waals surface area (Å²) in [7, 11) is 1.50. The number of methoxy groups -OCH3 is 1. The van der Waals surface area contributed by atoms with E-state index in [1.54, 1.807) is 0 Å². The fourth-order valence-electron chi connectivity index (χ4n) is 1.92. The van der Waals surface area contributed by atoms with Gasteiger partial charge in [0, 0.05) is 32.2 Å². The van der Waals surface area contributed by atoms with Gasteiger partial charge in [0.15, 0.2) is 11.5 Å². The van der Waals surface area contributed by atoms with Gasteiger partial charge in [-0.3, -0.25) is 0 Å². The molecule has 2 aromatic heterocycles. The van der Waals surface area contributed by atoms with Crippen LogP contribution in [0.4, 0.5) is 19.0 Å². The first-order valence-corrected chi connectivity index (χ1v) is 6.23. The molecule has 0 aromatic carbocycles. The summed E-state index contributed by atoms with van der Waals surface area (Å²) in [6, 6.07) is 0.668. The number of aliphatic hydroxyl groups excluding tert-OH is 1. The summed E-state index contributed by atoms with van der Waals surface area (Å²) in [6.45, 7) is 0.223. The first-order valence-electron chi connectivity index (χ1n) is 6.23. The Hall–Kier alpha value is -1.87. The minimum Gasteiger partial charge on any atom is -0.396 e. The van der Waals surface area contributed by atoms with Crippen LogP contribution in [0.1, 0.15) is 12.1 Å². The van der Waals surface area contributed by atoms with Crippen molar-refractivity contribution in [2.75, 3.05) is 25.6 Å². The van der Waals surface area contributed by atoms with Gasteiger partial charge in [0.25, 0.3) is 0 Å². The average Bonchev–Trinajstić information content (AvgIpc) is 2.84. The Morgan fingerprint density at radius 3 is 2.86 bits per heavy atom. The highest BCUT2D eigenvalue weighted by molar-refractivity contribution is 5.68. The number of halogens is 3. The van der Waals surface area contributed by atoms with Crippen LogP contribution in [0, 0.1) is 0 Å². The van der Waals surface area contributed by atoms with E-state index in [9.17, 15) is 13.2 Å². The minimum atomic E-state index is -4.51. The number of alkyl halides is 3. The van der Waals surface area contributed by atoms with Gasteiger partial charge in [0.1, 0.15) is 5.52 Å². The first kappa shape index (κ1) is 15.5. The van der Waals surface area contributed by atoms with Crippen LogP contribution >= 0.6 is 0 Å². The average molecular weight is 304 g/mol. The molecule has 116 valence electrons. The number of aliphatic hydroxyl groups is 1. The quantitative estimate of drug-likeness (QED) is 0.847. The van der Waals surface area contributed by atoms with Crippen molar-refractivity contribution in [2.45, 2.75) is 18.6 Å². The molecule has 6 nitrogen and oxygen atoms in total. The number of fused-ring (bicyclic) bond motifs is 1. The Kier molecular flexibility index (Phi) is 4.63. The van der Waals surface area contributed by atoms with Gasteiger partial charge >= 0.3 is 6.18 Å². The van der Waals surface area contributed by atoms with Gasteiger partial charge in [0.05, 0.1) is 12.6 Å². The molecule has 0 bridgehead atoms. The molecule has 0 aliphatic heterocycles. The number of hydrogen-bond donors (Lipinski definition) is 2. The number of hydrogen-bond acceptors (Lipinski definition) is 5. The van der Waals surface area contributed by atoms with Gasteiger partial charge in [-0.05, 0) is 6.42 Å². The van der Waals surface area contributed by atoms with Crippen molar-refractivity contribution < 1.29 is 23.0 Å². The first-order chi connectivity index (χ1) is 9.95. The number of rotatable bonds is 6. The molecule has 0 amide bonds. The van der Waals surface area contributed by atoms with E-state index < -0.39 is 11.9 Å². The van der Waals surface area contributed by atoms with Crippen molar-refractivity contribution in [1.82, 2.24) is 14.6 Å². The maximum atomic E-state index is 12.7. The fourth-order valence-corrected chi connectivity index (χ4v) is 1.92. The second-order valence-corrected chi connectivity index (χ2v) is 4.44. The van der Waals surface area contributed by atoms with Crippen molar-refractivity contribution in [3.63, 3.8) is 0 Å². The Morgan fingerprint density at radius 2 is 2.24 bits per heavy atom. The van der Waals surface area contributed by atoms with Crippen molar-refractivity contribution in [2.24, 2.45) is 0 Å². The lowest BCUT2D eigenvalue weighted by Gasteiger charge is -2.17. The predicted molar refractivity (Wildman–Crippen MR) is 69.0 cm³/mol. The minimum absolute atomic E-state index is 0.0722. The van der Waals surface area contributed by atoms with Crippen molar-refractivity contribution >= 4 is 11.3 Å². The highest BCUT2D eigenvalue weighted by Crippen LogP contribution is 2.30. The zero-order chi connectivity index (χ0) is 15.5. The van der Waals surface area contributed by atoms with Gasteiger partial charge in [-0.15, -0.1) is 0 Å². The summed E-state index contributed by atoms with van der Waals surface area (Å²) < 4.78 is 44.2. The van der Waals surface area contributed by atoms with Crippen LogP contribution < -0.4 is 5.32 Å². The number of anilines is 1. The Balaban J connectivity index is 2.33. The van der Waals surface area contributed by atoms with Crippen molar-refractivity contribution in [3.05, 3.63) is 24.2 Å². The molecule has 0 saturated carbocycles. The van der Waals surface area contributed by atoms with E-state index >= 15 is 0 Å². The van der Waals surface area contributed by atoms with Crippen LogP contribution in [0.3, 0.4) is 0 Å². The summed E-state index contributed by atoms with van der Waals surface area (Å²) in [5.74, 6) is 0.260. The van der Waals surface area contributed by atoms with E-state index in [0.29, 0.717) is 13.0 Å². The van der Waals surface area contributed by atoms with Gasteiger partial charge in [-0.25, -0.2) is 9.50 Å². The summed E-state index contributed by atoms with van der Waals surface area (Å²) in [5.41, 5.74) is -0.770. The maximum absolute atomic E-state index is 12.7. The molecule has 0 aliphatic rings. The van der Waals surface area contributed by atoms with Crippen LogP contribution in [0.5, 0.6) is 0 Å². The van der Waals surface area contributed by atoms with Crippen LogP contribution in [0.25, 0.3) is 5.52 Å². The Bertz CT molecular complexity index is 594. The molecule has 21 heavy (non-hydrogen) atoms. The predicted octanol–water partition coefficient (Wildman–Crippen LogP) is 1.56. The molecule has 2 N–H and O–H groups in total. The van der Waals surface area contributed by atoms with Gasteiger partial charge in [0.2, 0.25) is 0 Å². The molecule has 1 unspecified atom stereocenters. The van der Waals surface area contributed by atoms with E-state index in [-0.39, 0.29) is 24.0 Å². The van der Waals surface area contributed by atoms with E-state index in [4.69, 9.17) is 9.84 Å². The standard InChI is InChI=1S/C12H15F3N4O2/c1-21-7-8(2-5-20)17-11-9-6-10(12(13,14)15)18-19(9)4-3-16-11/h3-4,6,8,20H,2,5,7H2,1H3,(H,16,17). The van der Waals surface area contributed by atoms with Crippen molar-refractivity contribution in [1.29, 1.82) is 0 Å². The Morgan fingerprint density at radius 1 is 1.48 bits per heavy atom. The zero-order valence-corrected chi connectivity index (χ0v) is 11.3. The molecule has 0 fully saturated rings. The molecule has 0 spiro atoms. The fraction of sp³-hybridized carbons (Fsp3) is 0.500. The van der Waals surface area contributed by atoms with E-state index in [2.05, 4.69) is 15.4 Å². The molecule has 0 radical (unpaired) electrons. The maximum Gasteiger partial charge on any atom is 0.435 e. The third-order valence-corrected chi connectivity index (χ3v) is 2.87.